The van der Waals surface area contributed by atoms with Gasteiger partial charge in [-0.05, 0) is 81.4 Å². The highest BCUT2D eigenvalue weighted by molar-refractivity contribution is 8.18. The summed E-state index contributed by atoms with van der Waals surface area (Å²) in [5.74, 6) is 0.0255. The number of carbonyl (C=O) groups excluding carboxylic acids is 1. The first kappa shape index (κ1) is 21.7. The zero-order valence-electron chi connectivity index (χ0n) is 18.7. The Balaban J connectivity index is 1.57. The number of likely N-dealkylation sites (N-methyl/N-ethyl adjacent to an activating group) is 1. The molecule has 1 aromatic carbocycles. The van der Waals surface area contributed by atoms with Crippen molar-refractivity contribution in [1.82, 2.24) is 9.47 Å². The second kappa shape index (κ2) is 9.32. The number of thioether (sulfide) groups is 1. The number of benzene rings is 1. The third-order valence-corrected chi connectivity index (χ3v) is 6.88. The van der Waals surface area contributed by atoms with Crippen LogP contribution >= 0.6 is 11.8 Å². The van der Waals surface area contributed by atoms with Gasteiger partial charge < -0.3 is 14.2 Å². The van der Waals surface area contributed by atoms with Gasteiger partial charge in [0.1, 0.15) is 0 Å². The molecule has 0 aliphatic carbocycles. The van der Waals surface area contributed by atoms with Gasteiger partial charge in [-0.25, -0.2) is 4.99 Å². The van der Waals surface area contributed by atoms with Crippen LogP contribution in [0.5, 0.6) is 0 Å². The van der Waals surface area contributed by atoms with Crippen molar-refractivity contribution < 1.29 is 9.53 Å². The van der Waals surface area contributed by atoms with Crippen LogP contribution in [0.25, 0.3) is 6.08 Å². The third kappa shape index (κ3) is 4.43. The number of nitrogens with zero attached hydrogens (tertiary/aromatic N) is 4. The molecule has 0 spiro atoms. The SMILES string of the molecule is CCN1C(=O)/C(=C/c2cc(C)n(CC)c2C)SC1=Nc1ccc(N2CCOCC2)cc1. The quantitative estimate of drug-likeness (QED) is 0.641. The smallest absolute Gasteiger partial charge is 0.266 e. The van der Waals surface area contributed by atoms with Crippen LogP contribution in [0.3, 0.4) is 0 Å². The van der Waals surface area contributed by atoms with Crippen LogP contribution in [-0.2, 0) is 16.1 Å². The molecule has 0 N–H and O–H groups in total. The van der Waals surface area contributed by atoms with Crippen molar-refractivity contribution in [1.29, 1.82) is 0 Å². The summed E-state index contributed by atoms with van der Waals surface area (Å²) in [6.45, 7) is 13.2. The Morgan fingerprint density at radius 2 is 1.81 bits per heavy atom. The molecular formula is C24H30N4O2S. The summed E-state index contributed by atoms with van der Waals surface area (Å²) in [4.78, 5) is 22.6. The fraction of sp³-hybridized carbons (Fsp3) is 0.417. The Kier molecular flexibility index (Phi) is 6.53. The van der Waals surface area contributed by atoms with Crippen LogP contribution < -0.4 is 4.90 Å². The molecule has 0 bridgehead atoms. The van der Waals surface area contributed by atoms with E-state index in [0.29, 0.717) is 6.54 Å². The summed E-state index contributed by atoms with van der Waals surface area (Å²) in [6.07, 6.45) is 2.01. The van der Waals surface area contributed by atoms with Crippen LogP contribution in [0.4, 0.5) is 11.4 Å². The minimum absolute atomic E-state index is 0.0255. The van der Waals surface area contributed by atoms with Crippen molar-refractivity contribution >= 4 is 40.3 Å². The standard InChI is InChI=1S/C24H30N4O2S/c1-5-27-17(3)15-19(18(27)4)16-22-23(29)28(6-2)24(31-22)25-20-7-9-21(10-8-20)26-11-13-30-14-12-26/h7-10,15-16H,5-6,11-14H2,1-4H3/b22-16-,25-24?. The molecule has 2 aliphatic heterocycles. The van der Waals surface area contributed by atoms with Gasteiger partial charge in [0.15, 0.2) is 5.17 Å². The van der Waals surface area contributed by atoms with Gasteiger partial charge in [-0.3, -0.25) is 9.69 Å². The fourth-order valence-corrected chi connectivity index (χ4v) is 5.20. The average molecular weight is 439 g/mol. The van der Waals surface area contributed by atoms with Gasteiger partial charge in [0.25, 0.3) is 5.91 Å². The van der Waals surface area contributed by atoms with Gasteiger partial charge in [-0.15, -0.1) is 0 Å². The number of amidine groups is 1. The first-order valence-electron chi connectivity index (χ1n) is 10.9. The maximum atomic E-state index is 13.0. The number of amides is 1. The van der Waals surface area contributed by atoms with E-state index in [2.05, 4.69) is 48.4 Å². The van der Waals surface area contributed by atoms with Gasteiger partial charge in [0.2, 0.25) is 0 Å². The number of aromatic nitrogens is 1. The molecule has 6 nitrogen and oxygen atoms in total. The highest BCUT2D eigenvalue weighted by Gasteiger charge is 2.32. The Bertz CT molecular complexity index is 1020. The summed E-state index contributed by atoms with van der Waals surface area (Å²) in [5.41, 5.74) is 5.54. The number of hydrogen-bond donors (Lipinski definition) is 0. The maximum Gasteiger partial charge on any atom is 0.266 e. The first-order chi connectivity index (χ1) is 15.0. The Labute approximate surface area is 188 Å². The molecular weight excluding hydrogens is 408 g/mol. The van der Waals surface area contributed by atoms with Crippen molar-refractivity contribution in [3.8, 4) is 0 Å². The summed E-state index contributed by atoms with van der Waals surface area (Å²) in [6, 6.07) is 10.4. The van der Waals surface area contributed by atoms with E-state index in [0.717, 1.165) is 54.2 Å². The molecule has 2 fully saturated rings. The van der Waals surface area contributed by atoms with Crippen molar-refractivity contribution in [3.63, 3.8) is 0 Å². The molecule has 7 heteroatoms. The lowest BCUT2D eigenvalue weighted by molar-refractivity contribution is -0.122. The molecule has 0 saturated carbocycles. The zero-order valence-corrected chi connectivity index (χ0v) is 19.5. The van der Waals surface area contributed by atoms with Crippen LogP contribution in [-0.4, -0.2) is 53.4 Å². The van der Waals surface area contributed by atoms with Gasteiger partial charge in [-0.2, -0.15) is 0 Å². The van der Waals surface area contributed by atoms with E-state index in [4.69, 9.17) is 9.73 Å². The number of aliphatic imine (C=N–C) groups is 1. The second-order valence-corrected chi connectivity index (χ2v) is 8.75. The van der Waals surface area contributed by atoms with E-state index in [1.54, 1.807) is 4.90 Å². The largest absolute Gasteiger partial charge is 0.378 e. The molecule has 4 rings (SSSR count). The lowest BCUT2D eigenvalue weighted by Gasteiger charge is -2.28. The normalized spacial score (nSPS) is 19.8. The molecule has 2 aliphatic rings. The van der Waals surface area contributed by atoms with Gasteiger partial charge in [0, 0.05) is 43.3 Å². The molecule has 2 aromatic rings. The molecule has 164 valence electrons. The highest BCUT2D eigenvalue weighted by atomic mass is 32.2. The zero-order chi connectivity index (χ0) is 22.0. The number of hydrogen-bond acceptors (Lipinski definition) is 5. The van der Waals surface area contributed by atoms with Crippen molar-refractivity contribution in [2.75, 3.05) is 37.7 Å². The Morgan fingerprint density at radius 3 is 2.42 bits per heavy atom. The van der Waals surface area contributed by atoms with Gasteiger partial charge >= 0.3 is 0 Å². The van der Waals surface area contributed by atoms with E-state index in [9.17, 15) is 4.79 Å². The van der Waals surface area contributed by atoms with Crippen LogP contribution in [0.1, 0.15) is 30.8 Å². The van der Waals surface area contributed by atoms with Crippen LogP contribution in [0.15, 0.2) is 40.2 Å². The second-order valence-electron chi connectivity index (χ2n) is 7.74. The average Bonchev–Trinajstić information content (AvgIpc) is 3.23. The van der Waals surface area contributed by atoms with Crippen molar-refractivity contribution in [2.45, 2.75) is 34.2 Å². The molecule has 0 atom stereocenters. The third-order valence-electron chi connectivity index (χ3n) is 5.87. The highest BCUT2D eigenvalue weighted by Crippen LogP contribution is 2.35. The lowest BCUT2D eigenvalue weighted by Crippen LogP contribution is -2.36. The molecule has 1 amide bonds. The molecule has 31 heavy (non-hydrogen) atoms. The first-order valence-corrected chi connectivity index (χ1v) is 11.7. The van der Waals surface area contributed by atoms with Gasteiger partial charge in [-0.1, -0.05) is 0 Å². The van der Waals surface area contributed by atoms with Crippen molar-refractivity contribution in [3.05, 3.63) is 52.2 Å². The number of carbonyl (C=O) groups is 1. The minimum Gasteiger partial charge on any atom is -0.378 e. The number of rotatable bonds is 5. The van der Waals surface area contributed by atoms with Crippen LogP contribution in [0.2, 0.25) is 0 Å². The topological polar surface area (TPSA) is 50.1 Å². The Morgan fingerprint density at radius 1 is 1.10 bits per heavy atom. The lowest BCUT2D eigenvalue weighted by atomic mass is 10.2. The molecule has 2 saturated heterocycles. The summed E-state index contributed by atoms with van der Waals surface area (Å²) >= 11 is 1.46. The molecule has 1 aromatic heterocycles. The number of morpholine rings is 1. The Hall–Kier alpha value is -2.51. The van der Waals surface area contributed by atoms with E-state index in [-0.39, 0.29) is 5.91 Å². The van der Waals surface area contributed by atoms with E-state index >= 15 is 0 Å². The van der Waals surface area contributed by atoms with Gasteiger partial charge in [0.05, 0.1) is 23.8 Å². The maximum absolute atomic E-state index is 13.0. The van der Waals surface area contributed by atoms with E-state index < -0.39 is 0 Å². The minimum atomic E-state index is 0.0255. The predicted molar refractivity (Wildman–Crippen MR) is 129 cm³/mol. The summed E-state index contributed by atoms with van der Waals surface area (Å²) in [7, 11) is 0. The molecule has 0 radical (unpaired) electrons. The predicted octanol–water partition coefficient (Wildman–Crippen LogP) is 4.59. The molecule has 3 heterocycles. The van der Waals surface area contributed by atoms with Crippen LogP contribution in [0, 0.1) is 13.8 Å². The summed E-state index contributed by atoms with van der Waals surface area (Å²) in [5, 5.41) is 0.738. The molecule has 0 unspecified atom stereocenters. The number of anilines is 1. The fourth-order valence-electron chi connectivity index (χ4n) is 4.14. The van der Waals surface area contributed by atoms with Crippen molar-refractivity contribution in [2.24, 2.45) is 4.99 Å². The summed E-state index contributed by atoms with van der Waals surface area (Å²) < 4.78 is 7.69. The number of aryl methyl sites for hydroxylation is 1. The number of ether oxygens (including phenoxy) is 1. The van der Waals surface area contributed by atoms with E-state index in [1.807, 2.05) is 25.1 Å². The van der Waals surface area contributed by atoms with E-state index in [1.165, 1.54) is 28.8 Å². The monoisotopic (exact) mass is 438 g/mol.